The lowest BCUT2D eigenvalue weighted by Gasteiger charge is -2.29. The fourth-order valence-electron chi connectivity index (χ4n) is 2.43. The van der Waals surface area contributed by atoms with Gasteiger partial charge in [0.25, 0.3) is 0 Å². The molecule has 4 heteroatoms. The van der Waals surface area contributed by atoms with Crippen LogP contribution in [0.4, 0.5) is 4.79 Å². The van der Waals surface area contributed by atoms with Crippen molar-refractivity contribution in [2.45, 2.75) is 84.4 Å². The van der Waals surface area contributed by atoms with Gasteiger partial charge in [0, 0.05) is 18.6 Å². The Kier molecular flexibility index (Phi) is 6.80. The van der Waals surface area contributed by atoms with Crippen LogP contribution in [0, 0.1) is 5.92 Å². The van der Waals surface area contributed by atoms with E-state index in [1.165, 1.54) is 25.7 Å². The van der Waals surface area contributed by atoms with Crippen molar-refractivity contribution in [1.29, 1.82) is 0 Å². The molecule has 1 rings (SSSR count). The molecule has 4 nitrogen and oxygen atoms in total. The third-order valence-corrected chi connectivity index (χ3v) is 3.84. The average molecular weight is 284 g/mol. The number of carbonyl (C=O) groups is 1. The molecule has 20 heavy (non-hydrogen) atoms. The highest BCUT2D eigenvalue weighted by molar-refractivity contribution is 5.68. The van der Waals surface area contributed by atoms with Gasteiger partial charge in [-0.05, 0) is 46.5 Å². The highest BCUT2D eigenvalue weighted by atomic mass is 16.6. The van der Waals surface area contributed by atoms with Crippen LogP contribution in [-0.2, 0) is 4.74 Å². The van der Waals surface area contributed by atoms with Crippen LogP contribution in [0.1, 0.15) is 66.7 Å². The first-order valence-electron chi connectivity index (χ1n) is 8.03. The predicted octanol–water partition coefficient (Wildman–Crippen LogP) is 3.46. The highest BCUT2D eigenvalue weighted by Gasteiger charge is 2.21. The van der Waals surface area contributed by atoms with Crippen molar-refractivity contribution in [3.63, 3.8) is 0 Å². The zero-order valence-corrected chi connectivity index (χ0v) is 13.8. The highest BCUT2D eigenvalue weighted by Crippen LogP contribution is 2.30. The summed E-state index contributed by atoms with van der Waals surface area (Å²) in [6, 6.07) is 0.656. The topological polar surface area (TPSA) is 50.4 Å². The van der Waals surface area contributed by atoms with E-state index in [2.05, 4.69) is 24.5 Å². The van der Waals surface area contributed by atoms with E-state index in [0.717, 1.165) is 18.9 Å². The number of nitrogens with one attached hydrogen (secondary N) is 2. The zero-order chi connectivity index (χ0) is 15.2. The van der Waals surface area contributed by atoms with Gasteiger partial charge in [-0.1, -0.05) is 26.2 Å². The molecule has 118 valence electrons. The number of alkyl carbamates (subject to hydrolysis) is 1. The predicted molar refractivity (Wildman–Crippen MR) is 82.9 cm³/mol. The van der Waals surface area contributed by atoms with Crippen LogP contribution in [-0.4, -0.2) is 30.3 Å². The summed E-state index contributed by atoms with van der Waals surface area (Å²) < 4.78 is 5.29. The second-order valence-corrected chi connectivity index (χ2v) is 7.09. The smallest absolute Gasteiger partial charge is 0.407 e. The summed E-state index contributed by atoms with van der Waals surface area (Å²) in [6.07, 6.45) is 6.01. The fraction of sp³-hybridized carbons (Fsp3) is 0.938. The third kappa shape index (κ3) is 7.13. The van der Waals surface area contributed by atoms with Gasteiger partial charge in [-0.25, -0.2) is 4.79 Å². The number of ether oxygens (including phenoxy) is 1. The van der Waals surface area contributed by atoms with E-state index in [1.807, 2.05) is 20.8 Å². The van der Waals surface area contributed by atoms with Gasteiger partial charge in [-0.15, -0.1) is 0 Å². The lowest BCUT2D eigenvalue weighted by Crippen LogP contribution is -2.46. The molecule has 0 aromatic rings. The van der Waals surface area contributed by atoms with E-state index >= 15 is 0 Å². The van der Waals surface area contributed by atoms with Crippen LogP contribution in [0.2, 0.25) is 0 Å². The number of hydrogen-bond donors (Lipinski definition) is 2. The summed E-state index contributed by atoms with van der Waals surface area (Å²) in [5.41, 5.74) is -0.437. The van der Waals surface area contributed by atoms with Gasteiger partial charge in [-0.3, -0.25) is 0 Å². The van der Waals surface area contributed by atoms with E-state index in [-0.39, 0.29) is 12.1 Å². The Morgan fingerprint density at radius 2 is 2.00 bits per heavy atom. The number of rotatable bonds is 7. The first-order chi connectivity index (χ1) is 9.30. The average Bonchev–Trinajstić information content (AvgIpc) is 2.26. The van der Waals surface area contributed by atoms with Gasteiger partial charge in [0.05, 0.1) is 0 Å². The quantitative estimate of drug-likeness (QED) is 0.753. The molecule has 0 spiro atoms. The van der Waals surface area contributed by atoms with Crippen LogP contribution in [0.5, 0.6) is 0 Å². The Morgan fingerprint density at radius 3 is 2.45 bits per heavy atom. The Labute approximate surface area is 124 Å². The Hall–Kier alpha value is -0.770. The van der Waals surface area contributed by atoms with Crippen LogP contribution < -0.4 is 10.6 Å². The normalized spacial score (nSPS) is 19.1. The standard InChI is InChI=1S/C16H32N2O2/c1-6-14(18-15(19)20-16(3,4)5)11-17-12(2)10-13-8-7-9-13/h12-14,17H,6-11H2,1-5H3,(H,18,19). The summed E-state index contributed by atoms with van der Waals surface area (Å²) >= 11 is 0. The number of carbonyl (C=O) groups excluding carboxylic acids is 1. The molecule has 0 aromatic carbocycles. The van der Waals surface area contributed by atoms with E-state index < -0.39 is 5.60 Å². The van der Waals surface area contributed by atoms with Crippen LogP contribution >= 0.6 is 0 Å². The molecule has 2 unspecified atom stereocenters. The van der Waals surface area contributed by atoms with Crippen molar-refractivity contribution >= 4 is 6.09 Å². The molecule has 0 bridgehead atoms. The Balaban J connectivity index is 2.22. The molecule has 0 heterocycles. The fourth-order valence-corrected chi connectivity index (χ4v) is 2.43. The van der Waals surface area contributed by atoms with Gasteiger partial charge < -0.3 is 15.4 Å². The van der Waals surface area contributed by atoms with Gasteiger partial charge >= 0.3 is 6.09 Å². The minimum atomic E-state index is -0.437. The first kappa shape index (κ1) is 17.3. The van der Waals surface area contributed by atoms with Crippen molar-refractivity contribution in [2.24, 2.45) is 5.92 Å². The van der Waals surface area contributed by atoms with Gasteiger partial charge in [0.15, 0.2) is 0 Å². The molecule has 1 aliphatic carbocycles. The van der Waals surface area contributed by atoms with E-state index in [9.17, 15) is 4.79 Å². The minimum Gasteiger partial charge on any atom is -0.444 e. The summed E-state index contributed by atoms with van der Waals surface area (Å²) in [4.78, 5) is 11.7. The van der Waals surface area contributed by atoms with Crippen molar-refractivity contribution in [1.82, 2.24) is 10.6 Å². The zero-order valence-electron chi connectivity index (χ0n) is 13.8. The summed E-state index contributed by atoms with van der Waals surface area (Å²) in [5.74, 6) is 0.913. The van der Waals surface area contributed by atoms with E-state index in [4.69, 9.17) is 4.74 Å². The monoisotopic (exact) mass is 284 g/mol. The van der Waals surface area contributed by atoms with Gasteiger partial charge in [-0.2, -0.15) is 0 Å². The maximum Gasteiger partial charge on any atom is 0.407 e. The number of hydrogen-bond acceptors (Lipinski definition) is 3. The molecule has 1 fully saturated rings. The summed E-state index contributed by atoms with van der Waals surface area (Å²) in [5, 5.41) is 6.47. The van der Waals surface area contributed by atoms with Crippen molar-refractivity contribution in [3.8, 4) is 0 Å². The van der Waals surface area contributed by atoms with Crippen LogP contribution in [0.15, 0.2) is 0 Å². The molecule has 0 aliphatic heterocycles. The van der Waals surface area contributed by atoms with Crippen LogP contribution in [0.25, 0.3) is 0 Å². The maximum atomic E-state index is 11.7. The lowest BCUT2D eigenvalue weighted by atomic mass is 9.81. The molecular formula is C16H32N2O2. The van der Waals surface area contributed by atoms with Crippen LogP contribution in [0.3, 0.4) is 0 Å². The van der Waals surface area contributed by atoms with E-state index in [0.29, 0.717) is 6.04 Å². The molecule has 0 saturated heterocycles. The SMILES string of the molecule is CCC(CNC(C)CC1CCC1)NC(=O)OC(C)(C)C. The summed E-state index contributed by atoms with van der Waals surface area (Å²) in [7, 11) is 0. The molecule has 1 aliphatic rings. The number of amides is 1. The first-order valence-corrected chi connectivity index (χ1v) is 8.03. The largest absolute Gasteiger partial charge is 0.444 e. The Bertz CT molecular complexity index is 295. The molecule has 2 atom stereocenters. The molecule has 0 aromatic heterocycles. The molecule has 2 N–H and O–H groups in total. The van der Waals surface area contributed by atoms with Crippen molar-refractivity contribution in [2.75, 3.05) is 6.54 Å². The lowest BCUT2D eigenvalue weighted by molar-refractivity contribution is 0.0501. The van der Waals surface area contributed by atoms with E-state index in [1.54, 1.807) is 0 Å². The Morgan fingerprint density at radius 1 is 1.35 bits per heavy atom. The minimum absolute atomic E-state index is 0.133. The van der Waals surface area contributed by atoms with Gasteiger partial charge in [0.2, 0.25) is 0 Å². The summed E-state index contributed by atoms with van der Waals surface area (Å²) in [6.45, 7) is 10.8. The third-order valence-electron chi connectivity index (χ3n) is 3.84. The maximum absolute atomic E-state index is 11.7. The van der Waals surface area contributed by atoms with Crippen molar-refractivity contribution in [3.05, 3.63) is 0 Å². The molecule has 0 radical (unpaired) electrons. The molecule has 1 saturated carbocycles. The molecule has 1 amide bonds. The second kappa shape index (κ2) is 7.87. The van der Waals surface area contributed by atoms with Crippen molar-refractivity contribution < 1.29 is 9.53 Å². The second-order valence-electron chi connectivity index (χ2n) is 7.09. The van der Waals surface area contributed by atoms with Gasteiger partial charge in [0.1, 0.15) is 5.60 Å². The molecular weight excluding hydrogens is 252 g/mol.